The zero-order valence-corrected chi connectivity index (χ0v) is 22.9. The SMILES string of the molecule is COc1ccc(OC)c(CN2CCN(C(=O)c3cc(-c4cccc(C)c4)nc4ccc(Br)cc34)CC2)c1. The first-order valence-corrected chi connectivity index (χ1v) is 13.1. The minimum absolute atomic E-state index is 0.0398. The Morgan fingerprint density at radius 1 is 0.946 bits per heavy atom. The number of carbonyl (C=O) groups excluding carboxylic acids is 1. The molecule has 0 spiro atoms. The molecule has 190 valence electrons. The van der Waals surface area contributed by atoms with E-state index < -0.39 is 0 Å². The largest absolute Gasteiger partial charge is 0.497 e. The van der Waals surface area contributed by atoms with Crippen LogP contribution in [-0.2, 0) is 6.54 Å². The summed E-state index contributed by atoms with van der Waals surface area (Å²) in [4.78, 5) is 23.0. The number of ether oxygens (including phenoxy) is 2. The van der Waals surface area contributed by atoms with Crippen LogP contribution in [0.4, 0.5) is 0 Å². The molecule has 0 atom stereocenters. The number of nitrogens with zero attached hydrogens (tertiary/aromatic N) is 3. The fourth-order valence-corrected chi connectivity index (χ4v) is 5.21. The Morgan fingerprint density at radius 3 is 2.49 bits per heavy atom. The molecule has 3 aromatic carbocycles. The first-order chi connectivity index (χ1) is 17.9. The van der Waals surface area contributed by atoms with E-state index in [0.717, 1.165) is 68.9 Å². The molecule has 6 nitrogen and oxygen atoms in total. The fourth-order valence-electron chi connectivity index (χ4n) is 4.85. The van der Waals surface area contributed by atoms with Gasteiger partial charge in [-0.15, -0.1) is 0 Å². The van der Waals surface area contributed by atoms with E-state index in [-0.39, 0.29) is 5.91 Å². The Morgan fingerprint density at radius 2 is 1.76 bits per heavy atom. The summed E-state index contributed by atoms with van der Waals surface area (Å²) in [5.41, 5.74) is 5.56. The molecule has 2 heterocycles. The highest BCUT2D eigenvalue weighted by atomic mass is 79.9. The van der Waals surface area contributed by atoms with Crippen molar-refractivity contribution < 1.29 is 14.3 Å². The van der Waals surface area contributed by atoms with Crippen LogP contribution in [0.3, 0.4) is 0 Å². The minimum Gasteiger partial charge on any atom is -0.497 e. The fraction of sp³-hybridized carbons (Fsp3) is 0.267. The van der Waals surface area contributed by atoms with Crippen molar-refractivity contribution in [3.05, 3.63) is 87.9 Å². The average molecular weight is 560 g/mol. The maximum Gasteiger partial charge on any atom is 0.254 e. The molecule has 37 heavy (non-hydrogen) atoms. The number of amides is 1. The summed E-state index contributed by atoms with van der Waals surface area (Å²) in [6.45, 7) is 5.68. The van der Waals surface area contributed by atoms with Gasteiger partial charge in [-0.3, -0.25) is 9.69 Å². The first kappa shape index (κ1) is 25.2. The van der Waals surface area contributed by atoms with Crippen molar-refractivity contribution >= 4 is 32.7 Å². The number of methoxy groups -OCH3 is 2. The lowest BCUT2D eigenvalue weighted by molar-refractivity contribution is 0.0629. The lowest BCUT2D eigenvalue weighted by Crippen LogP contribution is -2.48. The highest BCUT2D eigenvalue weighted by Crippen LogP contribution is 2.30. The number of aryl methyl sites for hydroxylation is 1. The van der Waals surface area contributed by atoms with Gasteiger partial charge in [0.15, 0.2) is 0 Å². The molecule has 0 N–H and O–H groups in total. The maximum absolute atomic E-state index is 13.9. The van der Waals surface area contributed by atoms with Crippen LogP contribution < -0.4 is 9.47 Å². The molecule has 1 saturated heterocycles. The summed E-state index contributed by atoms with van der Waals surface area (Å²) in [5, 5.41) is 0.860. The van der Waals surface area contributed by atoms with Crippen molar-refractivity contribution in [2.75, 3.05) is 40.4 Å². The van der Waals surface area contributed by atoms with Crippen molar-refractivity contribution in [3.63, 3.8) is 0 Å². The Labute approximate surface area is 226 Å². The topological polar surface area (TPSA) is 54.9 Å². The second-order valence-electron chi connectivity index (χ2n) is 9.33. The number of halogens is 1. The zero-order valence-electron chi connectivity index (χ0n) is 21.3. The average Bonchev–Trinajstić information content (AvgIpc) is 2.92. The zero-order chi connectivity index (χ0) is 25.9. The molecular formula is C30H30BrN3O3. The number of rotatable bonds is 6. The Kier molecular flexibility index (Phi) is 7.44. The molecule has 0 aliphatic carbocycles. The van der Waals surface area contributed by atoms with Crippen LogP contribution >= 0.6 is 15.9 Å². The first-order valence-electron chi connectivity index (χ1n) is 12.3. The van der Waals surface area contributed by atoms with Crippen LogP contribution in [0.25, 0.3) is 22.2 Å². The third-order valence-corrected chi connectivity index (χ3v) is 7.35. The number of piperazine rings is 1. The Balaban J connectivity index is 1.38. The van der Waals surface area contributed by atoms with Crippen molar-refractivity contribution in [1.29, 1.82) is 0 Å². The smallest absolute Gasteiger partial charge is 0.254 e. The highest BCUT2D eigenvalue weighted by Gasteiger charge is 2.25. The molecule has 0 saturated carbocycles. The van der Waals surface area contributed by atoms with Gasteiger partial charge in [0, 0.05) is 53.7 Å². The van der Waals surface area contributed by atoms with Crippen molar-refractivity contribution in [3.8, 4) is 22.8 Å². The predicted octanol–water partition coefficient (Wildman–Crippen LogP) is 5.95. The molecule has 0 radical (unpaired) electrons. The molecule has 1 aliphatic rings. The summed E-state index contributed by atoms with van der Waals surface area (Å²) in [7, 11) is 3.35. The van der Waals surface area contributed by atoms with E-state index in [2.05, 4.69) is 39.9 Å². The molecule has 1 aromatic heterocycles. The summed E-state index contributed by atoms with van der Waals surface area (Å²) in [6.07, 6.45) is 0. The number of hydrogen-bond acceptors (Lipinski definition) is 5. The molecule has 5 rings (SSSR count). The Bertz CT molecular complexity index is 1450. The number of carbonyl (C=O) groups is 1. The van der Waals surface area contributed by atoms with Crippen LogP contribution in [0.15, 0.2) is 71.2 Å². The van der Waals surface area contributed by atoms with Gasteiger partial charge in [-0.1, -0.05) is 39.7 Å². The second-order valence-corrected chi connectivity index (χ2v) is 10.2. The third-order valence-electron chi connectivity index (χ3n) is 6.86. The third kappa shape index (κ3) is 5.48. The van der Waals surface area contributed by atoms with E-state index in [1.807, 2.05) is 59.5 Å². The molecule has 0 bridgehead atoms. The monoisotopic (exact) mass is 559 g/mol. The molecule has 1 fully saturated rings. The standard InChI is InChI=1S/C30H30BrN3O3/c1-20-5-4-6-21(15-20)28-18-26(25-17-23(31)7-9-27(25)32-28)30(35)34-13-11-33(12-14-34)19-22-16-24(36-2)8-10-29(22)37-3/h4-10,15-18H,11-14,19H2,1-3H3. The predicted molar refractivity (Wildman–Crippen MR) is 150 cm³/mol. The molecule has 1 aliphatic heterocycles. The molecule has 1 amide bonds. The summed E-state index contributed by atoms with van der Waals surface area (Å²) in [6, 6.07) is 22.0. The van der Waals surface area contributed by atoms with E-state index in [1.54, 1.807) is 14.2 Å². The van der Waals surface area contributed by atoms with Gasteiger partial charge in [-0.25, -0.2) is 4.98 Å². The lowest BCUT2D eigenvalue weighted by atomic mass is 10.0. The summed E-state index contributed by atoms with van der Waals surface area (Å²) >= 11 is 3.57. The van der Waals surface area contributed by atoms with Gasteiger partial charge in [0.2, 0.25) is 0 Å². The van der Waals surface area contributed by atoms with E-state index in [9.17, 15) is 4.79 Å². The van der Waals surface area contributed by atoms with Crippen LogP contribution in [0.1, 0.15) is 21.5 Å². The van der Waals surface area contributed by atoms with Crippen LogP contribution in [-0.4, -0.2) is 61.1 Å². The van der Waals surface area contributed by atoms with E-state index in [4.69, 9.17) is 14.5 Å². The van der Waals surface area contributed by atoms with Crippen molar-refractivity contribution in [1.82, 2.24) is 14.8 Å². The van der Waals surface area contributed by atoms with Gasteiger partial charge < -0.3 is 14.4 Å². The summed E-state index contributed by atoms with van der Waals surface area (Å²) < 4.78 is 11.9. The highest BCUT2D eigenvalue weighted by molar-refractivity contribution is 9.10. The Hall–Kier alpha value is -3.42. The number of fused-ring (bicyclic) bond motifs is 1. The van der Waals surface area contributed by atoms with Crippen LogP contribution in [0, 0.1) is 6.92 Å². The lowest BCUT2D eigenvalue weighted by Gasteiger charge is -2.35. The molecule has 4 aromatic rings. The molecule has 0 unspecified atom stereocenters. The normalized spacial score (nSPS) is 14.1. The number of aromatic nitrogens is 1. The van der Waals surface area contributed by atoms with Crippen molar-refractivity contribution in [2.24, 2.45) is 0 Å². The van der Waals surface area contributed by atoms with Gasteiger partial charge in [0.1, 0.15) is 11.5 Å². The van der Waals surface area contributed by atoms with Crippen molar-refractivity contribution in [2.45, 2.75) is 13.5 Å². The maximum atomic E-state index is 13.9. The number of hydrogen-bond donors (Lipinski definition) is 0. The van der Waals surface area contributed by atoms with Gasteiger partial charge in [0.05, 0.1) is 31.0 Å². The van der Waals surface area contributed by atoms with Gasteiger partial charge in [-0.2, -0.15) is 0 Å². The minimum atomic E-state index is 0.0398. The second kappa shape index (κ2) is 10.9. The van der Waals surface area contributed by atoms with Gasteiger partial charge in [0.25, 0.3) is 5.91 Å². The van der Waals surface area contributed by atoms with Gasteiger partial charge >= 0.3 is 0 Å². The quantitative estimate of drug-likeness (QED) is 0.292. The number of benzene rings is 3. The molecular weight excluding hydrogens is 530 g/mol. The number of pyridine rings is 1. The molecule has 7 heteroatoms. The van der Waals surface area contributed by atoms with E-state index in [1.165, 1.54) is 0 Å². The van der Waals surface area contributed by atoms with Gasteiger partial charge in [-0.05, 0) is 55.5 Å². The van der Waals surface area contributed by atoms with E-state index in [0.29, 0.717) is 18.7 Å². The van der Waals surface area contributed by atoms with Crippen LogP contribution in [0.5, 0.6) is 11.5 Å². The van der Waals surface area contributed by atoms with Crippen LogP contribution in [0.2, 0.25) is 0 Å². The summed E-state index contributed by atoms with van der Waals surface area (Å²) in [5.74, 6) is 1.69. The van der Waals surface area contributed by atoms with E-state index >= 15 is 0 Å².